The van der Waals surface area contributed by atoms with Crippen LogP contribution >= 0.6 is 34.7 Å². The summed E-state index contributed by atoms with van der Waals surface area (Å²) in [6.07, 6.45) is 3.40. The monoisotopic (exact) mass is 599 g/mol. The van der Waals surface area contributed by atoms with E-state index in [1.54, 1.807) is 45.1 Å². The first-order valence-electron chi connectivity index (χ1n) is 13.0. The Labute approximate surface area is 251 Å². The summed E-state index contributed by atoms with van der Waals surface area (Å²) in [5, 5.41) is 12.7. The summed E-state index contributed by atoms with van der Waals surface area (Å²) in [6.45, 7) is 2.21. The Morgan fingerprint density at radius 2 is 1.90 bits per heavy atom. The number of hydrogen-bond donors (Lipinski definition) is 1. The van der Waals surface area contributed by atoms with Gasteiger partial charge in [-0.3, -0.25) is 19.5 Å². The summed E-state index contributed by atoms with van der Waals surface area (Å²) in [5.41, 5.74) is 6.41. The van der Waals surface area contributed by atoms with Crippen LogP contribution in [0.15, 0.2) is 89.9 Å². The highest BCUT2D eigenvalue weighted by molar-refractivity contribution is 8.00. The van der Waals surface area contributed by atoms with Crippen molar-refractivity contribution in [3.05, 3.63) is 117 Å². The van der Waals surface area contributed by atoms with E-state index in [2.05, 4.69) is 21.7 Å². The lowest BCUT2D eigenvalue weighted by Crippen LogP contribution is -2.42. The maximum atomic E-state index is 13.8. The number of aromatic nitrogens is 3. The van der Waals surface area contributed by atoms with Gasteiger partial charge in [0.15, 0.2) is 0 Å². The first-order valence-corrected chi connectivity index (χ1v) is 15.4. The van der Waals surface area contributed by atoms with Gasteiger partial charge in [0.1, 0.15) is 12.4 Å². The second-order valence-electron chi connectivity index (χ2n) is 9.71. The van der Waals surface area contributed by atoms with E-state index < -0.39 is 0 Å². The quantitative estimate of drug-likeness (QED) is 0.233. The summed E-state index contributed by atoms with van der Waals surface area (Å²) >= 11 is 9.41. The molecule has 4 heterocycles. The maximum absolute atomic E-state index is 13.8. The molecule has 41 heavy (non-hydrogen) atoms. The number of thiophene rings is 1. The number of carbonyl (C=O) groups is 2. The topological polar surface area (TPSA) is 80.1 Å². The van der Waals surface area contributed by atoms with Gasteiger partial charge in [0.25, 0.3) is 0 Å². The summed E-state index contributed by atoms with van der Waals surface area (Å²) in [4.78, 5) is 32.8. The molecule has 6 rings (SSSR count). The van der Waals surface area contributed by atoms with Crippen LogP contribution in [0.4, 0.5) is 5.82 Å². The van der Waals surface area contributed by atoms with Crippen molar-refractivity contribution >= 4 is 52.3 Å². The molecule has 0 radical (unpaired) electrons. The average Bonchev–Trinajstić information content (AvgIpc) is 3.63. The molecule has 1 atom stereocenters. The predicted molar refractivity (Wildman–Crippen MR) is 166 cm³/mol. The molecule has 1 aliphatic heterocycles. The third kappa shape index (κ3) is 5.79. The zero-order valence-corrected chi connectivity index (χ0v) is 24.5. The molecule has 0 saturated carbocycles. The lowest BCUT2D eigenvalue weighted by atomic mass is 10.0. The number of rotatable bonds is 7. The minimum atomic E-state index is -0.267. The lowest BCUT2D eigenvalue weighted by molar-refractivity contribution is -0.123. The molecule has 0 unspecified atom stereocenters. The van der Waals surface area contributed by atoms with Crippen molar-refractivity contribution in [3.8, 4) is 16.9 Å². The Hall–Kier alpha value is -3.92. The molecule has 3 aromatic heterocycles. The Morgan fingerprint density at radius 3 is 2.61 bits per heavy atom. The van der Waals surface area contributed by atoms with Gasteiger partial charge < -0.3 is 5.32 Å². The number of carbonyl (C=O) groups excluding carboxylic acids is 2. The highest BCUT2D eigenvalue weighted by Crippen LogP contribution is 2.49. The van der Waals surface area contributed by atoms with Crippen LogP contribution in [0, 0.1) is 6.92 Å². The van der Waals surface area contributed by atoms with Crippen molar-refractivity contribution in [2.24, 2.45) is 0 Å². The van der Waals surface area contributed by atoms with Gasteiger partial charge in [-0.1, -0.05) is 47.5 Å². The number of halogens is 1. The smallest absolute Gasteiger partial charge is 0.240 e. The van der Waals surface area contributed by atoms with E-state index >= 15 is 0 Å². The number of aryl methyl sites for hydroxylation is 1. The van der Waals surface area contributed by atoms with Crippen LogP contribution in [-0.2, 0) is 16.1 Å². The largest absolute Gasteiger partial charge is 0.350 e. The van der Waals surface area contributed by atoms with Gasteiger partial charge in [-0.25, -0.2) is 4.68 Å². The number of amides is 2. The zero-order chi connectivity index (χ0) is 28.3. The number of fused-ring (bicyclic) bond motifs is 1. The summed E-state index contributed by atoms with van der Waals surface area (Å²) in [7, 11) is 0. The molecular formula is C31H26ClN5O2S2. The van der Waals surface area contributed by atoms with Gasteiger partial charge in [-0.15, -0.1) is 11.8 Å². The van der Waals surface area contributed by atoms with E-state index in [0.29, 0.717) is 17.4 Å². The van der Waals surface area contributed by atoms with Crippen molar-refractivity contribution in [2.75, 3.05) is 17.2 Å². The summed E-state index contributed by atoms with van der Waals surface area (Å²) < 4.78 is 1.80. The normalized spacial score (nSPS) is 14.9. The number of benzene rings is 2. The van der Waals surface area contributed by atoms with Gasteiger partial charge >= 0.3 is 0 Å². The van der Waals surface area contributed by atoms with Crippen molar-refractivity contribution in [2.45, 2.75) is 18.7 Å². The number of anilines is 1. The van der Waals surface area contributed by atoms with Crippen molar-refractivity contribution in [3.63, 3.8) is 0 Å². The molecule has 0 bridgehead atoms. The molecule has 0 spiro atoms. The molecule has 206 valence electrons. The van der Waals surface area contributed by atoms with Crippen LogP contribution < -0.4 is 10.2 Å². The van der Waals surface area contributed by atoms with Crippen molar-refractivity contribution in [1.82, 2.24) is 20.1 Å². The van der Waals surface area contributed by atoms with Gasteiger partial charge in [0, 0.05) is 35.1 Å². The van der Waals surface area contributed by atoms with Crippen molar-refractivity contribution in [1.29, 1.82) is 0 Å². The molecule has 2 aromatic carbocycles. The predicted octanol–water partition coefficient (Wildman–Crippen LogP) is 6.44. The molecule has 1 N–H and O–H groups in total. The fourth-order valence-corrected chi connectivity index (χ4v) is 6.88. The van der Waals surface area contributed by atoms with Crippen LogP contribution in [0.1, 0.15) is 27.5 Å². The average molecular weight is 600 g/mol. The number of hydrogen-bond acceptors (Lipinski definition) is 6. The molecule has 5 aromatic rings. The Morgan fingerprint density at radius 1 is 1.10 bits per heavy atom. The highest BCUT2D eigenvalue weighted by atomic mass is 35.5. The Balaban J connectivity index is 1.50. The van der Waals surface area contributed by atoms with E-state index in [1.807, 2.05) is 73.0 Å². The maximum Gasteiger partial charge on any atom is 0.240 e. The van der Waals surface area contributed by atoms with Gasteiger partial charge in [-0.2, -0.15) is 16.4 Å². The number of nitrogens with zero attached hydrogens (tertiary/aromatic N) is 4. The summed E-state index contributed by atoms with van der Waals surface area (Å²) in [5.74, 6) is 0.402. The van der Waals surface area contributed by atoms with Crippen LogP contribution in [-0.4, -0.2) is 38.9 Å². The van der Waals surface area contributed by atoms with Crippen molar-refractivity contribution < 1.29 is 9.59 Å². The molecule has 0 saturated heterocycles. The van der Waals surface area contributed by atoms with Crippen LogP contribution in [0.5, 0.6) is 0 Å². The lowest BCUT2D eigenvalue weighted by Gasteiger charge is -2.23. The third-order valence-electron chi connectivity index (χ3n) is 6.85. The first kappa shape index (κ1) is 27.3. The number of thioether (sulfide) groups is 1. The SMILES string of the molecule is Cc1ccc(-n2nc(-c3ccc(Cl)cc3)c3c2N(CC(=O)NCc2cccnc2)C(=O)CS[C@@H]3c2ccsc2)cc1. The Bertz CT molecular complexity index is 1670. The fraction of sp³-hybridized carbons (Fsp3) is 0.161. The van der Waals surface area contributed by atoms with Gasteiger partial charge in [0.2, 0.25) is 11.8 Å². The number of nitrogens with one attached hydrogen (secondary N) is 1. The summed E-state index contributed by atoms with van der Waals surface area (Å²) in [6, 6.07) is 21.4. The molecular weight excluding hydrogens is 574 g/mol. The molecule has 0 aliphatic carbocycles. The standard InChI is InChI=1S/C31H26ClN5O2S2/c1-20-4-10-25(11-5-20)37-31-28(29(35-37)22-6-8-24(32)9-7-22)30(23-12-14-40-18-23)41-19-27(39)36(31)17-26(38)34-16-21-3-2-13-33-15-21/h2-15,18,30H,16-17,19H2,1H3,(H,34,38)/t30-/m1/s1. The molecule has 10 heteroatoms. The first-order chi connectivity index (χ1) is 20.0. The van der Waals surface area contributed by atoms with Crippen LogP contribution in [0.3, 0.4) is 0 Å². The molecule has 0 fully saturated rings. The van der Waals surface area contributed by atoms with E-state index in [4.69, 9.17) is 16.7 Å². The highest BCUT2D eigenvalue weighted by Gasteiger charge is 2.37. The number of pyridine rings is 1. The van der Waals surface area contributed by atoms with Gasteiger partial charge in [-0.05, 0) is 65.2 Å². The second-order valence-corrected chi connectivity index (χ2v) is 12.0. The van der Waals surface area contributed by atoms with E-state index in [0.717, 1.165) is 39.2 Å². The fourth-order valence-electron chi connectivity index (χ4n) is 4.80. The third-order valence-corrected chi connectivity index (χ3v) is 9.05. The van der Waals surface area contributed by atoms with Gasteiger partial charge in [0.05, 0.1) is 22.4 Å². The second kappa shape index (κ2) is 11.9. The molecule has 7 nitrogen and oxygen atoms in total. The molecule has 2 amide bonds. The van der Waals surface area contributed by atoms with E-state index in [-0.39, 0.29) is 29.4 Å². The minimum Gasteiger partial charge on any atom is -0.350 e. The van der Waals surface area contributed by atoms with E-state index in [9.17, 15) is 9.59 Å². The van der Waals surface area contributed by atoms with Crippen LogP contribution in [0.2, 0.25) is 5.02 Å². The van der Waals surface area contributed by atoms with Crippen LogP contribution in [0.25, 0.3) is 16.9 Å². The Kier molecular flexibility index (Phi) is 7.91. The minimum absolute atomic E-state index is 0.138. The zero-order valence-electron chi connectivity index (χ0n) is 22.2. The van der Waals surface area contributed by atoms with E-state index in [1.165, 1.54) is 0 Å². The molecule has 1 aliphatic rings.